The molecule has 0 aliphatic heterocycles. The lowest BCUT2D eigenvalue weighted by molar-refractivity contribution is -0.0977. The highest BCUT2D eigenvalue weighted by molar-refractivity contribution is 5.52. The van der Waals surface area contributed by atoms with Crippen molar-refractivity contribution in [1.82, 2.24) is 0 Å². The lowest BCUT2D eigenvalue weighted by Gasteiger charge is -2.61. The van der Waals surface area contributed by atoms with Gasteiger partial charge in [0, 0.05) is 6.42 Å². The van der Waals surface area contributed by atoms with Crippen molar-refractivity contribution in [2.75, 3.05) is 0 Å². The quantitative estimate of drug-likeness (QED) is 0.655. The molecule has 2 atom stereocenters. The molecule has 14 heavy (non-hydrogen) atoms. The molecule has 2 unspecified atom stereocenters. The standard InChI is InChI=1S/C13H19O/c1-12-5-10-4-11(6-12)8-13(7-10,9-12)2-3-14/h10-11H,2,4-9H2,1H3. The van der Waals surface area contributed by atoms with Crippen LogP contribution in [0.5, 0.6) is 0 Å². The molecule has 77 valence electrons. The van der Waals surface area contributed by atoms with Crippen molar-refractivity contribution in [3.05, 3.63) is 0 Å². The molecule has 1 radical (unpaired) electrons. The maximum Gasteiger partial charge on any atom is 0.198 e. The van der Waals surface area contributed by atoms with Crippen molar-refractivity contribution in [3.63, 3.8) is 0 Å². The first kappa shape index (κ1) is 8.94. The fourth-order valence-electron chi connectivity index (χ4n) is 5.29. The van der Waals surface area contributed by atoms with Crippen LogP contribution in [-0.2, 0) is 4.79 Å². The molecule has 0 aromatic carbocycles. The topological polar surface area (TPSA) is 17.1 Å². The summed E-state index contributed by atoms with van der Waals surface area (Å²) < 4.78 is 0. The van der Waals surface area contributed by atoms with Crippen LogP contribution in [0.4, 0.5) is 0 Å². The van der Waals surface area contributed by atoms with E-state index in [2.05, 4.69) is 13.2 Å². The van der Waals surface area contributed by atoms with Crippen molar-refractivity contribution in [2.45, 2.75) is 51.9 Å². The van der Waals surface area contributed by atoms with Crippen LogP contribution < -0.4 is 0 Å². The zero-order chi connectivity index (χ0) is 9.81. The third kappa shape index (κ3) is 1.17. The van der Waals surface area contributed by atoms with E-state index >= 15 is 0 Å². The predicted octanol–water partition coefficient (Wildman–Crippen LogP) is 3.09. The highest BCUT2D eigenvalue weighted by Gasteiger charge is 2.55. The number of rotatable bonds is 2. The molecular weight excluding hydrogens is 172 g/mol. The smallest absolute Gasteiger partial charge is 0.198 e. The maximum absolute atomic E-state index is 10.7. The van der Waals surface area contributed by atoms with Crippen LogP contribution in [0.2, 0.25) is 0 Å². The average molecular weight is 191 g/mol. The Morgan fingerprint density at radius 3 is 2.36 bits per heavy atom. The largest absolute Gasteiger partial charge is 0.291 e. The zero-order valence-corrected chi connectivity index (χ0v) is 9.01. The van der Waals surface area contributed by atoms with Gasteiger partial charge in [-0.1, -0.05) is 6.92 Å². The fourth-order valence-corrected chi connectivity index (χ4v) is 5.29. The Hall–Kier alpha value is -0.330. The summed E-state index contributed by atoms with van der Waals surface area (Å²) in [6.45, 7) is 2.45. The molecule has 0 heterocycles. The minimum absolute atomic E-state index is 0.389. The van der Waals surface area contributed by atoms with Gasteiger partial charge in [0.25, 0.3) is 0 Å². The first-order chi connectivity index (χ1) is 6.63. The summed E-state index contributed by atoms with van der Waals surface area (Å²) >= 11 is 0. The summed E-state index contributed by atoms with van der Waals surface area (Å²) in [6, 6.07) is 0. The highest BCUT2D eigenvalue weighted by atomic mass is 16.1. The Balaban J connectivity index is 1.92. The molecule has 0 saturated heterocycles. The van der Waals surface area contributed by atoms with Gasteiger partial charge in [-0.2, -0.15) is 0 Å². The summed E-state index contributed by atoms with van der Waals surface area (Å²) in [5, 5.41) is 0. The van der Waals surface area contributed by atoms with Crippen molar-refractivity contribution >= 4 is 6.29 Å². The molecule has 4 aliphatic rings. The van der Waals surface area contributed by atoms with E-state index in [0.29, 0.717) is 10.8 Å². The summed E-state index contributed by atoms with van der Waals surface area (Å²) in [7, 11) is 0. The maximum atomic E-state index is 10.7. The molecule has 1 nitrogen and oxygen atoms in total. The van der Waals surface area contributed by atoms with E-state index in [0.717, 1.165) is 18.3 Å². The minimum Gasteiger partial charge on any atom is -0.291 e. The lowest BCUT2D eigenvalue weighted by Crippen LogP contribution is -2.50. The minimum atomic E-state index is 0.389. The molecule has 0 N–H and O–H groups in total. The molecule has 0 spiro atoms. The van der Waals surface area contributed by atoms with E-state index in [4.69, 9.17) is 0 Å². The van der Waals surface area contributed by atoms with Crippen LogP contribution in [0.3, 0.4) is 0 Å². The number of hydrogen-bond donors (Lipinski definition) is 0. The normalized spacial score (nSPS) is 54.9. The Morgan fingerprint density at radius 1 is 1.21 bits per heavy atom. The third-order valence-corrected chi connectivity index (χ3v) is 4.92. The highest BCUT2D eigenvalue weighted by Crippen LogP contribution is 2.65. The van der Waals surface area contributed by atoms with E-state index in [-0.39, 0.29) is 0 Å². The van der Waals surface area contributed by atoms with Gasteiger partial charge in [0.1, 0.15) is 0 Å². The first-order valence-electron chi connectivity index (χ1n) is 5.98. The van der Waals surface area contributed by atoms with Crippen molar-refractivity contribution < 1.29 is 4.79 Å². The van der Waals surface area contributed by atoms with Crippen LogP contribution in [0, 0.1) is 22.7 Å². The van der Waals surface area contributed by atoms with Gasteiger partial charge in [-0.05, 0) is 61.2 Å². The van der Waals surface area contributed by atoms with Crippen LogP contribution >= 0.6 is 0 Å². The summed E-state index contributed by atoms with van der Waals surface area (Å²) in [5.74, 6) is 1.88. The molecule has 1 heteroatoms. The molecule has 4 saturated carbocycles. The summed E-state index contributed by atoms with van der Waals surface area (Å²) in [6.07, 6.45) is 11.2. The van der Waals surface area contributed by atoms with Crippen LogP contribution in [0.1, 0.15) is 51.9 Å². The van der Waals surface area contributed by atoms with Gasteiger partial charge in [0.15, 0.2) is 6.29 Å². The lowest BCUT2D eigenvalue weighted by atomic mass is 9.44. The van der Waals surface area contributed by atoms with Crippen molar-refractivity contribution in [3.8, 4) is 0 Å². The Morgan fingerprint density at radius 2 is 1.86 bits per heavy atom. The van der Waals surface area contributed by atoms with E-state index in [1.165, 1.54) is 38.5 Å². The van der Waals surface area contributed by atoms with Gasteiger partial charge in [0.2, 0.25) is 0 Å². The first-order valence-corrected chi connectivity index (χ1v) is 5.98. The van der Waals surface area contributed by atoms with Gasteiger partial charge in [-0.25, -0.2) is 0 Å². The Labute approximate surface area is 86.3 Å². The van der Waals surface area contributed by atoms with Gasteiger partial charge in [-0.15, -0.1) is 0 Å². The van der Waals surface area contributed by atoms with Gasteiger partial charge >= 0.3 is 0 Å². The SMILES string of the molecule is CC12CC3CC(C1)CC(C[C]=O)(C3)C2. The number of hydrogen-bond acceptors (Lipinski definition) is 1. The predicted molar refractivity (Wildman–Crippen MR) is 55.5 cm³/mol. The fraction of sp³-hybridized carbons (Fsp3) is 0.923. The second kappa shape index (κ2) is 2.62. The van der Waals surface area contributed by atoms with E-state index in [1.807, 2.05) is 0 Å². The molecule has 0 aromatic rings. The average Bonchev–Trinajstić information content (AvgIpc) is 1.97. The molecular formula is C13H19O. The monoisotopic (exact) mass is 191 g/mol. The Kier molecular flexibility index (Phi) is 1.67. The molecule has 4 rings (SSSR count). The van der Waals surface area contributed by atoms with Crippen LogP contribution in [-0.4, -0.2) is 6.29 Å². The zero-order valence-electron chi connectivity index (χ0n) is 9.01. The molecule has 4 aliphatic carbocycles. The van der Waals surface area contributed by atoms with Gasteiger partial charge in [-0.3, -0.25) is 4.79 Å². The molecule has 4 fully saturated rings. The van der Waals surface area contributed by atoms with Crippen molar-refractivity contribution in [1.29, 1.82) is 0 Å². The Bertz CT molecular complexity index is 254. The van der Waals surface area contributed by atoms with E-state index < -0.39 is 0 Å². The van der Waals surface area contributed by atoms with E-state index in [1.54, 1.807) is 0 Å². The van der Waals surface area contributed by atoms with Gasteiger partial charge < -0.3 is 0 Å². The van der Waals surface area contributed by atoms with Crippen LogP contribution in [0.15, 0.2) is 0 Å². The van der Waals surface area contributed by atoms with Crippen molar-refractivity contribution in [2.24, 2.45) is 22.7 Å². The molecule has 4 bridgehead atoms. The number of carbonyl (C=O) groups excluding carboxylic acids is 1. The second-order valence-electron chi connectivity index (χ2n) is 6.59. The summed E-state index contributed by atoms with van der Waals surface area (Å²) in [4.78, 5) is 10.7. The third-order valence-electron chi connectivity index (χ3n) is 4.92. The molecule has 0 aromatic heterocycles. The molecule has 0 amide bonds. The van der Waals surface area contributed by atoms with E-state index in [9.17, 15) is 4.79 Å². The van der Waals surface area contributed by atoms with Gasteiger partial charge in [0.05, 0.1) is 0 Å². The second-order valence-corrected chi connectivity index (χ2v) is 6.59. The summed E-state index contributed by atoms with van der Waals surface area (Å²) in [5.41, 5.74) is 0.974. The van der Waals surface area contributed by atoms with Crippen LogP contribution in [0.25, 0.3) is 0 Å².